The lowest BCUT2D eigenvalue weighted by molar-refractivity contribution is 0.0971. The van der Waals surface area contributed by atoms with Crippen LogP contribution in [0.15, 0.2) is 89.8 Å². The molecule has 0 amide bonds. The number of halogens is 1. The highest BCUT2D eigenvalue weighted by atomic mass is 35.5. The van der Waals surface area contributed by atoms with Gasteiger partial charge in [-0.3, -0.25) is 4.79 Å². The van der Waals surface area contributed by atoms with Crippen molar-refractivity contribution >= 4 is 27.2 Å². The molecule has 0 saturated carbocycles. The Morgan fingerprint density at radius 1 is 0.808 bits per heavy atom. The van der Waals surface area contributed by atoms with E-state index in [9.17, 15) is 13.2 Å². The summed E-state index contributed by atoms with van der Waals surface area (Å²) >= 11 is 6.68. The van der Waals surface area contributed by atoms with Crippen LogP contribution in [0, 0.1) is 6.92 Å². The number of Topliss-reactive ketones (excluding diaryl/α,β-unsaturated/α-hetero) is 1. The number of ketones is 1. The molecule has 3 rings (SSSR count). The molecule has 0 saturated heterocycles. The van der Waals surface area contributed by atoms with Gasteiger partial charge in [-0.15, -0.1) is 0 Å². The Morgan fingerprint density at radius 2 is 1.31 bits per heavy atom. The molecule has 1 atom stereocenters. The molecule has 0 spiro atoms. The summed E-state index contributed by atoms with van der Waals surface area (Å²) in [7, 11) is -4.20. The second kappa shape index (κ2) is 7.06. The highest BCUT2D eigenvalue weighted by Crippen LogP contribution is 2.42. The third-order valence-corrected chi connectivity index (χ3v) is 7.23. The molecule has 0 aliphatic rings. The minimum Gasteiger partial charge on any atom is -0.291 e. The SMILES string of the molecule is Cc1ccc(S(=O)(=O)C(Cl)(C(=O)c2ccccc2)c2ccccc2)cc1. The molecule has 3 aromatic rings. The Hall–Kier alpha value is -2.43. The zero-order valence-corrected chi connectivity index (χ0v) is 15.7. The molecular formula is C21H17ClO3S. The molecule has 1 unspecified atom stereocenters. The summed E-state index contributed by atoms with van der Waals surface area (Å²) in [5.74, 6) is -0.674. The van der Waals surface area contributed by atoms with E-state index in [-0.39, 0.29) is 16.0 Å². The van der Waals surface area contributed by atoms with E-state index in [0.29, 0.717) is 0 Å². The van der Waals surface area contributed by atoms with Crippen molar-refractivity contribution in [2.45, 2.75) is 16.0 Å². The topological polar surface area (TPSA) is 51.2 Å². The third kappa shape index (κ3) is 3.06. The van der Waals surface area contributed by atoms with Gasteiger partial charge in [-0.2, -0.15) is 0 Å². The van der Waals surface area contributed by atoms with E-state index < -0.39 is 19.8 Å². The molecule has 0 radical (unpaired) electrons. The van der Waals surface area contributed by atoms with Crippen LogP contribution < -0.4 is 0 Å². The van der Waals surface area contributed by atoms with Gasteiger partial charge >= 0.3 is 0 Å². The van der Waals surface area contributed by atoms with E-state index >= 15 is 0 Å². The van der Waals surface area contributed by atoms with Crippen molar-refractivity contribution in [3.05, 3.63) is 102 Å². The van der Waals surface area contributed by atoms with Crippen molar-refractivity contribution in [3.63, 3.8) is 0 Å². The van der Waals surface area contributed by atoms with Gasteiger partial charge < -0.3 is 0 Å². The first-order valence-electron chi connectivity index (χ1n) is 8.03. The smallest absolute Gasteiger partial charge is 0.237 e. The fraction of sp³-hybridized carbons (Fsp3) is 0.0952. The second-order valence-electron chi connectivity index (χ2n) is 5.97. The summed E-state index contributed by atoms with van der Waals surface area (Å²) in [6, 6.07) is 22.7. The predicted octanol–water partition coefficient (Wildman–Crippen LogP) is 4.74. The van der Waals surface area contributed by atoms with Crippen LogP contribution in [0.2, 0.25) is 0 Å². The van der Waals surface area contributed by atoms with Crippen molar-refractivity contribution in [2.75, 3.05) is 0 Å². The molecular weight excluding hydrogens is 368 g/mol. The molecule has 0 aromatic heterocycles. The van der Waals surface area contributed by atoms with E-state index in [1.54, 1.807) is 72.8 Å². The Bertz CT molecular complexity index is 1010. The van der Waals surface area contributed by atoms with Crippen LogP contribution in [-0.2, 0) is 14.0 Å². The maximum absolute atomic E-state index is 13.4. The molecule has 0 N–H and O–H groups in total. The molecule has 0 aliphatic heterocycles. The molecule has 3 nitrogen and oxygen atoms in total. The number of carbonyl (C=O) groups is 1. The van der Waals surface area contributed by atoms with Crippen molar-refractivity contribution < 1.29 is 13.2 Å². The zero-order valence-electron chi connectivity index (χ0n) is 14.1. The summed E-state index contributed by atoms with van der Waals surface area (Å²) < 4.78 is 24.6. The molecule has 0 fully saturated rings. The highest BCUT2D eigenvalue weighted by Gasteiger charge is 2.51. The van der Waals surface area contributed by atoms with Crippen LogP contribution in [0.4, 0.5) is 0 Å². The Kier molecular flexibility index (Phi) is 4.99. The predicted molar refractivity (Wildman–Crippen MR) is 103 cm³/mol. The van der Waals surface area contributed by atoms with Crippen molar-refractivity contribution in [3.8, 4) is 0 Å². The van der Waals surface area contributed by atoms with Crippen LogP contribution in [-0.4, -0.2) is 14.2 Å². The molecule has 0 aliphatic carbocycles. The van der Waals surface area contributed by atoms with E-state index in [2.05, 4.69) is 0 Å². The number of hydrogen-bond acceptors (Lipinski definition) is 3. The van der Waals surface area contributed by atoms with Gasteiger partial charge in [0.15, 0.2) is 0 Å². The Balaban J connectivity index is 2.25. The number of rotatable bonds is 5. The molecule has 0 heterocycles. The van der Waals surface area contributed by atoms with Gasteiger partial charge in [-0.25, -0.2) is 8.42 Å². The van der Waals surface area contributed by atoms with Gasteiger partial charge in [-0.05, 0) is 24.6 Å². The van der Waals surface area contributed by atoms with Gasteiger partial charge in [0.05, 0.1) is 4.90 Å². The first-order chi connectivity index (χ1) is 12.4. The van der Waals surface area contributed by atoms with E-state index in [4.69, 9.17) is 11.6 Å². The zero-order chi connectivity index (χ0) is 18.8. The fourth-order valence-electron chi connectivity index (χ4n) is 2.72. The fourth-order valence-corrected chi connectivity index (χ4v) is 4.85. The number of sulfone groups is 1. The monoisotopic (exact) mass is 384 g/mol. The van der Waals surface area contributed by atoms with Gasteiger partial charge in [0.2, 0.25) is 19.8 Å². The summed E-state index contributed by atoms with van der Waals surface area (Å²) in [6.45, 7) is 1.86. The number of alkyl halides is 1. The summed E-state index contributed by atoms with van der Waals surface area (Å²) in [4.78, 5) is 13.2. The van der Waals surface area contributed by atoms with Crippen LogP contribution in [0.25, 0.3) is 0 Å². The Labute approximate surface area is 158 Å². The lowest BCUT2D eigenvalue weighted by Gasteiger charge is -2.26. The summed E-state index contributed by atoms with van der Waals surface area (Å²) in [5, 5.41) is 0. The lowest BCUT2D eigenvalue weighted by Crippen LogP contribution is -2.38. The normalized spacial score (nSPS) is 13.8. The van der Waals surface area contributed by atoms with Crippen molar-refractivity contribution in [1.29, 1.82) is 0 Å². The largest absolute Gasteiger partial charge is 0.291 e. The second-order valence-corrected chi connectivity index (χ2v) is 8.85. The number of benzene rings is 3. The standard InChI is InChI=1S/C21H17ClO3S/c1-16-12-14-19(15-13-16)26(24,25)21(22,18-10-6-3-7-11-18)20(23)17-8-4-2-5-9-17/h2-15H,1H3. The first-order valence-corrected chi connectivity index (χ1v) is 9.89. The third-order valence-electron chi connectivity index (χ3n) is 4.17. The summed E-state index contributed by atoms with van der Waals surface area (Å²) in [6.07, 6.45) is 0. The quantitative estimate of drug-likeness (QED) is 0.471. The maximum atomic E-state index is 13.4. The molecule has 3 aromatic carbocycles. The van der Waals surface area contributed by atoms with Crippen LogP contribution >= 0.6 is 11.6 Å². The Morgan fingerprint density at radius 3 is 1.85 bits per heavy atom. The van der Waals surface area contributed by atoms with Crippen LogP contribution in [0.5, 0.6) is 0 Å². The van der Waals surface area contributed by atoms with E-state index in [0.717, 1.165) is 5.56 Å². The molecule has 0 bridgehead atoms. The van der Waals surface area contributed by atoms with Crippen LogP contribution in [0.3, 0.4) is 0 Å². The van der Waals surface area contributed by atoms with Crippen LogP contribution in [0.1, 0.15) is 21.5 Å². The lowest BCUT2D eigenvalue weighted by atomic mass is 10.0. The average molecular weight is 385 g/mol. The van der Waals surface area contributed by atoms with Gasteiger partial charge in [0.1, 0.15) is 0 Å². The summed E-state index contributed by atoms with van der Waals surface area (Å²) in [5.41, 5.74) is 1.37. The molecule has 132 valence electrons. The van der Waals surface area contributed by atoms with Gasteiger partial charge in [0.25, 0.3) is 0 Å². The number of aryl methyl sites for hydroxylation is 1. The van der Waals surface area contributed by atoms with E-state index in [1.807, 2.05) is 6.92 Å². The first kappa shape index (κ1) is 18.4. The average Bonchev–Trinajstić information content (AvgIpc) is 2.68. The number of hydrogen-bond donors (Lipinski definition) is 0. The van der Waals surface area contributed by atoms with Crippen molar-refractivity contribution in [1.82, 2.24) is 0 Å². The molecule has 5 heteroatoms. The highest BCUT2D eigenvalue weighted by molar-refractivity contribution is 7.94. The minimum atomic E-state index is -4.20. The van der Waals surface area contributed by atoms with Gasteiger partial charge in [-0.1, -0.05) is 90.0 Å². The van der Waals surface area contributed by atoms with E-state index in [1.165, 1.54) is 12.1 Å². The maximum Gasteiger partial charge on any atom is 0.237 e. The molecule has 26 heavy (non-hydrogen) atoms. The number of carbonyl (C=O) groups excluding carboxylic acids is 1. The minimum absolute atomic E-state index is 0.00577. The van der Waals surface area contributed by atoms with Crippen molar-refractivity contribution in [2.24, 2.45) is 0 Å². The van der Waals surface area contributed by atoms with Gasteiger partial charge in [0, 0.05) is 5.56 Å².